The van der Waals surface area contributed by atoms with Gasteiger partial charge in [-0.3, -0.25) is 4.89 Å². The Morgan fingerprint density at radius 3 is 2.28 bits per heavy atom. The lowest BCUT2D eigenvalue weighted by Gasteiger charge is -2.09. The van der Waals surface area contributed by atoms with Crippen molar-refractivity contribution in [2.75, 3.05) is 13.7 Å². The zero-order valence-electron chi connectivity index (χ0n) is 11.2. The summed E-state index contributed by atoms with van der Waals surface area (Å²) < 4.78 is 4.83. The van der Waals surface area contributed by atoms with E-state index >= 15 is 0 Å². The largest absolute Gasteiger partial charge is 0.381 e. The average Bonchev–Trinajstić information content (AvgIpc) is 2.36. The topological polar surface area (TPSA) is 44.8 Å². The number of carbonyl (C=O) groups excluding carboxylic acids is 1. The molecular weight excluding hydrogens is 232 g/mol. The monoisotopic (exact) mass is 251 g/mol. The summed E-state index contributed by atoms with van der Waals surface area (Å²) in [5.74, 6) is -0.0793. The molecule has 0 fully saturated rings. The highest BCUT2D eigenvalue weighted by atomic mass is 17.2. The van der Waals surface area contributed by atoms with Crippen LogP contribution in [0.3, 0.4) is 0 Å². The van der Waals surface area contributed by atoms with Crippen molar-refractivity contribution in [1.82, 2.24) is 0 Å². The van der Waals surface area contributed by atoms with E-state index in [9.17, 15) is 4.79 Å². The Kier molecular flexibility index (Phi) is 5.82. The summed E-state index contributed by atoms with van der Waals surface area (Å²) in [4.78, 5) is 21.1. The third-order valence-electron chi connectivity index (χ3n) is 2.42. The number of benzene rings is 1. The van der Waals surface area contributed by atoms with Crippen LogP contribution in [0, 0.1) is 6.10 Å². The van der Waals surface area contributed by atoms with Crippen molar-refractivity contribution in [1.29, 1.82) is 0 Å². The van der Waals surface area contributed by atoms with Gasteiger partial charge in [0.2, 0.25) is 0 Å². The minimum absolute atomic E-state index is 0.291. The van der Waals surface area contributed by atoms with Crippen molar-refractivity contribution >= 4 is 5.97 Å². The third-order valence-corrected chi connectivity index (χ3v) is 2.42. The van der Waals surface area contributed by atoms with E-state index in [0.29, 0.717) is 24.2 Å². The molecule has 1 aromatic carbocycles. The van der Waals surface area contributed by atoms with Gasteiger partial charge in [-0.05, 0) is 30.5 Å². The number of carbonyl (C=O) groups is 1. The van der Waals surface area contributed by atoms with Gasteiger partial charge in [-0.15, -0.1) is 0 Å². The first kappa shape index (κ1) is 14.7. The SMILES string of the molecule is COC[C](C)OOC(=O)c1ccc(C(C)C)cc1. The Morgan fingerprint density at radius 2 is 1.78 bits per heavy atom. The first-order valence-corrected chi connectivity index (χ1v) is 5.84. The van der Waals surface area contributed by atoms with Gasteiger partial charge in [-0.2, -0.15) is 4.89 Å². The summed E-state index contributed by atoms with van der Waals surface area (Å²) >= 11 is 0. The van der Waals surface area contributed by atoms with Crippen LogP contribution in [-0.4, -0.2) is 19.7 Å². The Morgan fingerprint density at radius 1 is 1.17 bits per heavy atom. The summed E-state index contributed by atoms with van der Waals surface area (Å²) in [5, 5.41) is 0. The molecule has 0 aliphatic heterocycles. The normalized spacial score (nSPS) is 11.0. The predicted octanol–water partition coefficient (Wildman–Crippen LogP) is 3.10. The van der Waals surface area contributed by atoms with Crippen LogP contribution in [0.25, 0.3) is 0 Å². The summed E-state index contributed by atoms with van der Waals surface area (Å²) in [5.41, 5.74) is 1.64. The molecular formula is C14H19O4. The number of hydrogen-bond donors (Lipinski definition) is 0. The molecule has 0 bridgehead atoms. The first-order valence-electron chi connectivity index (χ1n) is 5.84. The molecule has 18 heavy (non-hydrogen) atoms. The maximum Gasteiger partial charge on any atom is 0.373 e. The molecule has 0 saturated carbocycles. The zero-order chi connectivity index (χ0) is 13.5. The fourth-order valence-electron chi connectivity index (χ4n) is 1.39. The maximum atomic E-state index is 11.6. The van der Waals surface area contributed by atoms with E-state index in [4.69, 9.17) is 9.62 Å². The van der Waals surface area contributed by atoms with Crippen molar-refractivity contribution in [3.8, 4) is 0 Å². The molecule has 99 valence electrons. The van der Waals surface area contributed by atoms with Crippen LogP contribution in [-0.2, 0) is 14.5 Å². The molecule has 0 N–H and O–H groups in total. The highest BCUT2D eigenvalue weighted by molar-refractivity contribution is 5.88. The molecule has 4 heteroatoms. The van der Waals surface area contributed by atoms with E-state index in [1.54, 1.807) is 26.2 Å². The van der Waals surface area contributed by atoms with E-state index in [-0.39, 0.29) is 0 Å². The van der Waals surface area contributed by atoms with Gasteiger partial charge >= 0.3 is 5.97 Å². The molecule has 0 saturated heterocycles. The third kappa shape index (κ3) is 4.47. The van der Waals surface area contributed by atoms with Crippen molar-refractivity contribution in [2.24, 2.45) is 0 Å². The summed E-state index contributed by atoms with van der Waals surface area (Å²) in [7, 11) is 1.54. The first-order chi connectivity index (χ1) is 8.54. The van der Waals surface area contributed by atoms with E-state index in [2.05, 4.69) is 18.7 Å². The summed E-state index contributed by atoms with van der Waals surface area (Å²) in [6.07, 6.45) is 0.490. The fourth-order valence-corrected chi connectivity index (χ4v) is 1.39. The van der Waals surface area contributed by atoms with Gasteiger partial charge < -0.3 is 4.74 Å². The predicted molar refractivity (Wildman–Crippen MR) is 67.8 cm³/mol. The molecule has 0 aliphatic rings. The van der Waals surface area contributed by atoms with Crippen molar-refractivity contribution in [3.63, 3.8) is 0 Å². The van der Waals surface area contributed by atoms with Crippen LogP contribution in [0.4, 0.5) is 0 Å². The second kappa shape index (κ2) is 7.13. The van der Waals surface area contributed by atoms with Gasteiger partial charge in [0.05, 0.1) is 12.2 Å². The minimum Gasteiger partial charge on any atom is -0.381 e. The highest BCUT2D eigenvalue weighted by Gasteiger charge is 2.12. The highest BCUT2D eigenvalue weighted by Crippen LogP contribution is 2.15. The van der Waals surface area contributed by atoms with Gasteiger partial charge in [0.25, 0.3) is 0 Å². The van der Waals surface area contributed by atoms with Crippen molar-refractivity contribution in [3.05, 3.63) is 41.5 Å². The maximum absolute atomic E-state index is 11.6. The van der Waals surface area contributed by atoms with Crippen LogP contribution in [0.2, 0.25) is 0 Å². The molecule has 4 nitrogen and oxygen atoms in total. The van der Waals surface area contributed by atoms with Gasteiger partial charge in [-0.25, -0.2) is 4.79 Å². The standard InChI is InChI=1S/C14H19O4/c1-10(2)12-5-7-13(8-6-12)14(15)18-17-11(3)9-16-4/h5-8,10H,9H2,1-4H3. The summed E-state index contributed by atoms with van der Waals surface area (Å²) in [6.45, 7) is 6.16. The molecule has 0 unspecified atom stereocenters. The van der Waals surface area contributed by atoms with Crippen LogP contribution >= 0.6 is 0 Å². The average molecular weight is 251 g/mol. The fraction of sp³-hybridized carbons (Fsp3) is 0.429. The minimum atomic E-state index is -0.513. The number of ether oxygens (including phenoxy) is 1. The number of hydrogen-bond acceptors (Lipinski definition) is 4. The smallest absolute Gasteiger partial charge is 0.373 e. The second-order valence-corrected chi connectivity index (χ2v) is 4.37. The summed E-state index contributed by atoms with van der Waals surface area (Å²) in [6, 6.07) is 7.28. The van der Waals surface area contributed by atoms with E-state index < -0.39 is 5.97 Å². The Hall–Kier alpha value is -1.39. The Labute approximate surface area is 108 Å². The van der Waals surface area contributed by atoms with E-state index in [1.165, 1.54) is 5.56 Å². The Bertz CT molecular complexity index is 370. The Balaban J connectivity index is 2.51. The lowest BCUT2D eigenvalue weighted by Crippen LogP contribution is -2.11. The quantitative estimate of drug-likeness (QED) is 0.575. The van der Waals surface area contributed by atoms with Crippen LogP contribution in [0.5, 0.6) is 0 Å². The van der Waals surface area contributed by atoms with Gasteiger partial charge in [0.1, 0.15) is 0 Å². The van der Waals surface area contributed by atoms with Gasteiger partial charge in [0, 0.05) is 7.11 Å². The van der Waals surface area contributed by atoms with E-state index in [1.807, 2.05) is 12.1 Å². The van der Waals surface area contributed by atoms with Crippen LogP contribution in [0.15, 0.2) is 24.3 Å². The number of rotatable bonds is 6. The molecule has 1 rings (SSSR count). The van der Waals surface area contributed by atoms with Crippen LogP contribution < -0.4 is 0 Å². The van der Waals surface area contributed by atoms with Crippen molar-refractivity contribution < 1.29 is 19.3 Å². The number of methoxy groups -OCH3 is 1. The molecule has 0 atom stereocenters. The molecule has 1 aromatic rings. The molecule has 0 aromatic heterocycles. The molecule has 0 aliphatic carbocycles. The zero-order valence-corrected chi connectivity index (χ0v) is 11.2. The van der Waals surface area contributed by atoms with Crippen molar-refractivity contribution in [2.45, 2.75) is 26.7 Å². The molecule has 0 heterocycles. The van der Waals surface area contributed by atoms with Gasteiger partial charge in [-0.1, -0.05) is 26.0 Å². The lowest BCUT2D eigenvalue weighted by molar-refractivity contribution is -0.237. The van der Waals surface area contributed by atoms with Gasteiger partial charge in [0.15, 0.2) is 6.10 Å². The lowest BCUT2D eigenvalue weighted by atomic mass is 10.0. The molecule has 0 amide bonds. The molecule has 1 radical (unpaired) electrons. The molecule has 0 spiro atoms. The second-order valence-electron chi connectivity index (χ2n) is 4.37. The van der Waals surface area contributed by atoms with Crippen LogP contribution in [0.1, 0.15) is 42.6 Å². The van der Waals surface area contributed by atoms with E-state index in [0.717, 1.165) is 0 Å².